The molecule has 0 unspecified atom stereocenters. The number of benzene rings is 1. The van der Waals surface area contributed by atoms with E-state index < -0.39 is 0 Å². The van der Waals surface area contributed by atoms with Crippen LogP contribution in [0.4, 0.5) is 0 Å². The Balaban J connectivity index is 2.94. The predicted molar refractivity (Wildman–Crippen MR) is 66.9 cm³/mol. The summed E-state index contributed by atoms with van der Waals surface area (Å²) in [6.07, 6.45) is 0. The molecule has 0 aliphatic heterocycles. The van der Waals surface area contributed by atoms with E-state index in [0.717, 1.165) is 25.4 Å². The summed E-state index contributed by atoms with van der Waals surface area (Å²) < 4.78 is 2.01. The molecule has 0 aliphatic carbocycles. The zero-order valence-corrected chi connectivity index (χ0v) is 11.2. The SMILES string of the molecule is Cc1cc2c(Br)cc(Br)cc2c(Cl)n1. The summed E-state index contributed by atoms with van der Waals surface area (Å²) in [6.45, 7) is 1.93. The van der Waals surface area contributed by atoms with E-state index in [2.05, 4.69) is 36.8 Å². The van der Waals surface area contributed by atoms with Gasteiger partial charge in [-0.2, -0.15) is 0 Å². The van der Waals surface area contributed by atoms with Crippen LogP contribution in [0.2, 0.25) is 5.15 Å². The Morgan fingerprint density at radius 1 is 1.14 bits per heavy atom. The number of hydrogen-bond acceptors (Lipinski definition) is 1. The standard InChI is InChI=1S/C10H6Br2ClN/c1-5-2-7-8(10(13)14-5)3-6(11)4-9(7)12/h2-4H,1H3. The summed E-state index contributed by atoms with van der Waals surface area (Å²) in [5.74, 6) is 0. The van der Waals surface area contributed by atoms with E-state index in [1.165, 1.54) is 0 Å². The number of nitrogens with zero attached hydrogens (tertiary/aromatic N) is 1. The number of hydrogen-bond donors (Lipinski definition) is 0. The first-order valence-electron chi connectivity index (χ1n) is 4.00. The van der Waals surface area contributed by atoms with Gasteiger partial charge in [0.1, 0.15) is 5.15 Å². The lowest BCUT2D eigenvalue weighted by molar-refractivity contribution is 1.22. The number of halogens is 3. The van der Waals surface area contributed by atoms with Gasteiger partial charge in [0.05, 0.1) is 0 Å². The van der Waals surface area contributed by atoms with Crippen molar-refractivity contribution < 1.29 is 0 Å². The predicted octanol–water partition coefficient (Wildman–Crippen LogP) is 4.72. The zero-order valence-electron chi connectivity index (χ0n) is 7.31. The van der Waals surface area contributed by atoms with Crippen molar-refractivity contribution in [2.75, 3.05) is 0 Å². The van der Waals surface area contributed by atoms with Gasteiger partial charge in [-0.1, -0.05) is 43.5 Å². The summed E-state index contributed by atoms with van der Waals surface area (Å²) in [6, 6.07) is 5.98. The molecule has 0 saturated heterocycles. The fourth-order valence-electron chi connectivity index (χ4n) is 1.36. The van der Waals surface area contributed by atoms with Crippen molar-refractivity contribution in [3.8, 4) is 0 Å². The average molecular weight is 335 g/mol. The van der Waals surface area contributed by atoms with E-state index in [0.29, 0.717) is 5.15 Å². The molecule has 0 aliphatic rings. The smallest absolute Gasteiger partial charge is 0.137 e. The van der Waals surface area contributed by atoms with Crippen LogP contribution in [0.15, 0.2) is 27.1 Å². The fourth-order valence-corrected chi connectivity index (χ4v) is 2.99. The van der Waals surface area contributed by atoms with Crippen LogP contribution in [0.5, 0.6) is 0 Å². The van der Waals surface area contributed by atoms with Gasteiger partial charge < -0.3 is 0 Å². The molecule has 2 aromatic rings. The molecule has 0 amide bonds. The lowest BCUT2D eigenvalue weighted by Gasteiger charge is -2.04. The molecule has 2 rings (SSSR count). The van der Waals surface area contributed by atoms with E-state index >= 15 is 0 Å². The van der Waals surface area contributed by atoms with Gasteiger partial charge in [-0.3, -0.25) is 0 Å². The first-order chi connectivity index (χ1) is 6.58. The van der Waals surface area contributed by atoms with Crippen LogP contribution in [0.25, 0.3) is 10.8 Å². The Bertz CT molecular complexity index is 464. The van der Waals surface area contributed by atoms with Gasteiger partial charge in [0, 0.05) is 25.4 Å². The van der Waals surface area contributed by atoms with Crippen LogP contribution in [-0.2, 0) is 0 Å². The number of pyridine rings is 1. The maximum atomic E-state index is 6.05. The molecule has 0 radical (unpaired) electrons. The number of aromatic nitrogens is 1. The minimum absolute atomic E-state index is 0.544. The summed E-state index contributed by atoms with van der Waals surface area (Å²) in [4.78, 5) is 4.21. The molecule has 0 bridgehead atoms. The highest BCUT2D eigenvalue weighted by atomic mass is 79.9. The van der Waals surface area contributed by atoms with Crippen LogP contribution < -0.4 is 0 Å². The molecule has 1 nitrogen and oxygen atoms in total. The molecule has 4 heteroatoms. The van der Waals surface area contributed by atoms with Crippen molar-refractivity contribution >= 4 is 54.2 Å². The summed E-state index contributed by atoms with van der Waals surface area (Å²) >= 11 is 13.0. The Labute approximate surface area is 104 Å². The molecule has 72 valence electrons. The van der Waals surface area contributed by atoms with Crippen LogP contribution >= 0.6 is 43.5 Å². The molecular formula is C10H6Br2ClN. The number of aryl methyl sites for hydroxylation is 1. The van der Waals surface area contributed by atoms with Crippen molar-refractivity contribution in [2.24, 2.45) is 0 Å². The minimum Gasteiger partial charge on any atom is -0.241 e. The van der Waals surface area contributed by atoms with Crippen molar-refractivity contribution in [1.29, 1.82) is 0 Å². The van der Waals surface area contributed by atoms with Gasteiger partial charge in [0.25, 0.3) is 0 Å². The normalized spacial score (nSPS) is 10.9. The topological polar surface area (TPSA) is 12.9 Å². The molecule has 0 spiro atoms. The lowest BCUT2D eigenvalue weighted by Crippen LogP contribution is -1.85. The molecule has 0 N–H and O–H groups in total. The monoisotopic (exact) mass is 333 g/mol. The van der Waals surface area contributed by atoms with Crippen LogP contribution in [0.3, 0.4) is 0 Å². The Hall–Kier alpha value is -0.120. The molecule has 1 heterocycles. The molecule has 1 aromatic carbocycles. The number of rotatable bonds is 0. The molecular weight excluding hydrogens is 329 g/mol. The third-order valence-electron chi connectivity index (χ3n) is 1.94. The van der Waals surface area contributed by atoms with E-state index in [-0.39, 0.29) is 0 Å². The van der Waals surface area contributed by atoms with Gasteiger partial charge in [-0.15, -0.1) is 0 Å². The fraction of sp³-hybridized carbons (Fsp3) is 0.100. The summed E-state index contributed by atoms with van der Waals surface area (Å²) in [5, 5.41) is 2.59. The van der Waals surface area contributed by atoms with Crippen LogP contribution in [0.1, 0.15) is 5.69 Å². The Morgan fingerprint density at radius 3 is 2.57 bits per heavy atom. The first-order valence-corrected chi connectivity index (χ1v) is 5.96. The second kappa shape index (κ2) is 3.80. The Morgan fingerprint density at radius 2 is 1.86 bits per heavy atom. The quantitative estimate of drug-likeness (QED) is 0.635. The molecule has 0 atom stereocenters. The third kappa shape index (κ3) is 1.81. The van der Waals surface area contributed by atoms with E-state index in [4.69, 9.17) is 11.6 Å². The number of fused-ring (bicyclic) bond motifs is 1. The van der Waals surface area contributed by atoms with Gasteiger partial charge in [-0.05, 0) is 25.1 Å². The molecule has 14 heavy (non-hydrogen) atoms. The molecule has 0 saturated carbocycles. The minimum atomic E-state index is 0.544. The van der Waals surface area contributed by atoms with Gasteiger partial charge in [0.2, 0.25) is 0 Å². The van der Waals surface area contributed by atoms with Crippen LogP contribution in [0, 0.1) is 6.92 Å². The first kappa shape index (κ1) is 10.4. The highest BCUT2D eigenvalue weighted by molar-refractivity contribution is 9.11. The highest BCUT2D eigenvalue weighted by Crippen LogP contribution is 2.32. The molecule has 1 aromatic heterocycles. The van der Waals surface area contributed by atoms with E-state index in [9.17, 15) is 0 Å². The maximum absolute atomic E-state index is 6.05. The largest absolute Gasteiger partial charge is 0.241 e. The zero-order chi connectivity index (χ0) is 10.3. The lowest BCUT2D eigenvalue weighted by atomic mass is 10.1. The van der Waals surface area contributed by atoms with Crippen molar-refractivity contribution in [2.45, 2.75) is 6.92 Å². The van der Waals surface area contributed by atoms with E-state index in [1.54, 1.807) is 0 Å². The summed E-state index contributed by atoms with van der Waals surface area (Å²) in [5.41, 5.74) is 0.922. The average Bonchev–Trinajstić information content (AvgIpc) is 2.07. The maximum Gasteiger partial charge on any atom is 0.137 e. The Kier molecular flexibility index (Phi) is 2.82. The van der Waals surface area contributed by atoms with Gasteiger partial charge in [0.15, 0.2) is 0 Å². The van der Waals surface area contributed by atoms with E-state index in [1.807, 2.05) is 25.1 Å². The highest BCUT2D eigenvalue weighted by Gasteiger charge is 2.06. The van der Waals surface area contributed by atoms with Gasteiger partial charge in [-0.25, -0.2) is 4.98 Å². The second-order valence-electron chi connectivity index (χ2n) is 3.04. The van der Waals surface area contributed by atoms with Crippen molar-refractivity contribution in [1.82, 2.24) is 4.98 Å². The molecule has 0 fully saturated rings. The third-order valence-corrected chi connectivity index (χ3v) is 3.35. The van der Waals surface area contributed by atoms with Crippen LogP contribution in [-0.4, -0.2) is 4.98 Å². The van der Waals surface area contributed by atoms with Crippen molar-refractivity contribution in [3.05, 3.63) is 38.0 Å². The van der Waals surface area contributed by atoms with Crippen molar-refractivity contribution in [3.63, 3.8) is 0 Å². The second-order valence-corrected chi connectivity index (χ2v) is 5.17. The summed E-state index contributed by atoms with van der Waals surface area (Å²) in [7, 11) is 0. The van der Waals surface area contributed by atoms with Gasteiger partial charge >= 0.3 is 0 Å².